The molecule has 2 aliphatic heterocycles. The molecule has 184 valence electrons. The summed E-state index contributed by atoms with van der Waals surface area (Å²) in [5.74, 6) is -0.0561. The average Bonchev–Trinajstić information content (AvgIpc) is 2.86. The summed E-state index contributed by atoms with van der Waals surface area (Å²) in [6.45, 7) is 4.90. The van der Waals surface area contributed by atoms with Gasteiger partial charge in [0.05, 0.1) is 5.69 Å². The van der Waals surface area contributed by atoms with Gasteiger partial charge in [0, 0.05) is 50.0 Å². The number of nitrogens with zero attached hydrogens (tertiary/aromatic N) is 3. The Morgan fingerprint density at radius 3 is 2.57 bits per heavy atom. The first-order chi connectivity index (χ1) is 16.8. The van der Waals surface area contributed by atoms with Gasteiger partial charge in [-0.1, -0.05) is 43.5 Å². The Kier molecular flexibility index (Phi) is 6.65. The van der Waals surface area contributed by atoms with Crippen LogP contribution in [0.2, 0.25) is 0 Å². The molecule has 0 saturated carbocycles. The zero-order valence-corrected chi connectivity index (χ0v) is 22.4. The fourth-order valence-corrected chi connectivity index (χ4v) is 8.42. The Bertz CT molecular complexity index is 1300. The SMILES string of the molecule is C=P1(c2ccc(-c3cnc4c(c3C)N(Cc3c(P)ccc(F)c3O)CCN4)cc2)CCN(C)CC1. The quantitative estimate of drug-likeness (QED) is 0.523. The number of halogens is 1. The van der Waals surface area contributed by atoms with Crippen LogP contribution in [0.15, 0.2) is 42.6 Å². The number of hydrogen-bond acceptors (Lipinski definition) is 5. The van der Waals surface area contributed by atoms with Gasteiger partial charge in [-0.15, -0.1) is 9.24 Å². The maximum absolute atomic E-state index is 14.1. The van der Waals surface area contributed by atoms with Crippen molar-refractivity contribution in [3.8, 4) is 16.9 Å². The highest BCUT2D eigenvalue weighted by atomic mass is 31.2. The van der Waals surface area contributed by atoms with E-state index in [0.29, 0.717) is 12.1 Å². The molecule has 1 saturated heterocycles. The second-order valence-corrected chi connectivity index (χ2v) is 14.1. The van der Waals surface area contributed by atoms with Crippen LogP contribution in [0, 0.1) is 12.7 Å². The number of phenolic OH excluding ortho intramolecular Hbond substituents is 1. The minimum absolute atomic E-state index is 0.283. The van der Waals surface area contributed by atoms with Crippen LogP contribution in [0.3, 0.4) is 0 Å². The molecule has 0 radical (unpaired) electrons. The molecule has 0 amide bonds. The number of aromatic nitrogens is 1. The molecule has 1 atom stereocenters. The number of rotatable bonds is 4. The third-order valence-electron chi connectivity index (χ3n) is 7.46. The predicted molar refractivity (Wildman–Crippen MR) is 152 cm³/mol. The van der Waals surface area contributed by atoms with Crippen molar-refractivity contribution in [1.82, 2.24) is 9.88 Å². The molecule has 5 rings (SSSR count). The zero-order valence-electron chi connectivity index (χ0n) is 20.4. The lowest BCUT2D eigenvalue weighted by Crippen LogP contribution is -2.35. The van der Waals surface area contributed by atoms with Crippen LogP contribution in [0.5, 0.6) is 5.75 Å². The lowest BCUT2D eigenvalue weighted by atomic mass is 10.00. The van der Waals surface area contributed by atoms with Crippen molar-refractivity contribution in [2.75, 3.05) is 55.8 Å². The number of nitrogens with one attached hydrogen (secondary N) is 1. The van der Waals surface area contributed by atoms with E-state index >= 15 is 0 Å². The monoisotopic (exact) mass is 510 g/mol. The molecule has 8 heteroatoms. The number of pyridine rings is 1. The molecule has 1 fully saturated rings. The number of hydrogen-bond donors (Lipinski definition) is 2. The number of phenols is 1. The number of fused-ring (bicyclic) bond motifs is 1. The summed E-state index contributed by atoms with van der Waals surface area (Å²) >= 11 is 0. The third kappa shape index (κ3) is 4.60. The molecule has 1 aromatic heterocycles. The highest BCUT2D eigenvalue weighted by molar-refractivity contribution is 7.80. The van der Waals surface area contributed by atoms with Gasteiger partial charge in [0.15, 0.2) is 11.6 Å². The van der Waals surface area contributed by atoms with Gasteiger partial charge in [0.2, 0.25) is 0 Å². The van der Waals surface area contributed by atoms with Crippen LogP contribution < -0.4 is 20.8 Å². The zero-order chi connectivity index (χ0) is 24.7. The fraction of sp³-hybridized carbons (Fsp3) is 0.333. The van der Waals surface area contributed by atoms with Crippen LogP contribution >= 0.6 is 16.1 Å². The maximum atomic E-state index is 14.1. The minimum Gasteiger partial charge on any atom is -0.505 e. The van der Waals surface area contributed by atoms with Crippen molar-refractivity contribution < 1.29 is 9.50 Å². The van der Waals surface area contributed by atoms with E-state index in [0.717, 1.165) is 59.7 Å². The molecule has 3 aromatic rings. The maximum Gasteiger partial charge on any atom is 0.165 e. The van der Waals surface area contributed by atoms with E-state index in [1.165, 1.54) is 23.7 Å². The summed E-state index contributed by atoms with van der Waals surface area (Å²) in [5, 5.41) is 16.0. The first kappa shape index (κ1) is 24.3. The molecule has 5 nitrogen and oxygen atoms in total. The molecule has 0 spiro atoms. The van der Waals surface area contributed by atoms with Crippen LogP contribution in [-0.4, -0.2) is 66.8 Å². The Morgan fingerprint density at radius 2 is 1.86 bits per heavy atom. The normalized spacial score (nSPS) is 17.7. The molecule has 35 heavy (non-hydrogen) atoms. The molecule has 1 unspecified atom stereocenters. The first-order valence-corrected chi connectivity index (χ1v) is 14.9. The van der Waals surface area contributed by atoms with E-state index in [-0.39, 0.29) is 5.75 Å². The summed E-state index contributed by atoms with van der Waals surface area (Å²) in [6.07, 6.45) is 8.97. The van der Waals surface area contributed by atoms with E-state index in [4.69, 9.17) is 4.98 Å². The van der Waals surface area contributed by atoms with Crippen molar-refractivity contribution >= 4 is 44.5 Å². The minimum atomic E-state index is -1.34. The van der Waals surface area contributed by atoms with Gasteiger partial charge < -0.3 is 20.2 Å². The van der Waals surface area contributed by atoms with Crippen LogP contribution in [-0.2, 0) is 6.54 Å². The molecule has 2 N–H and O–H groups in total. The summed E-state index contributed by atoms with van der Waals surface area (Å²) in [5.41, 5.74) is 4.92. The van der Waals surface area contributed by atoms with Crippen molar-refractivity contribution in [1.29, 1.82) is 0 Å². The Balaban J connectivity index is 1.47. The number of anilines is 2. The van der Waals surface area contributed by atoms with Crippen molar-refractivity contribution in [3.63, 3.8) is 0 Å². The topological polar surface area (TPSA) is 51.6 Å². The van der Waals surface area contributed by atoms with E-state index in [2.05, 4.69) is 68.9 Å². The molecule has 3 heterocycles. The summed E-state index contributed by atoms with van der Waals surface area (Å²) < 4.78 is 14.1. The second-order valence-electron chi connectivity index (χ2n) is 9.75. The fourth-order valence-electron chi connectivity index (χ4n) is 5.12. The van der Waals surface area contributed by atoms with Crippen LogP contribution in [0.4, 0.5) is 15.9 Å². The summed E-state index contributed by atoms with van der Waals surface area (Å²) in [4.78, 5) is 9.32. The molecule has 0 aliphatic carbocycles. The van der Waals surface area contributed by atoms with Crippen LogP contribution in [0.1, 0.15) is 11.1 Å². The van der Waals surface area contributed by atoms with Gasteiger partial charge in [-0.2, -0.15) is 0 Å². The predicted octanol–water partition coefficient (Wildman–Crippen LogP) is 3.85. The van der Waals surface area contributed by atoms with E-state index in [1.807, 2.05) is 6.20 Å². The van der Waals surface area contributed by atoms with E-state index < -0.39 is 12.7 Å². The largest absolute Gasteiger partial charge is 0.505 e. The Morgan fingerprint density at radius 1 is 1.14 bits per heavy atom. The highest BCUT2D eigenvalue weighted by Crippen LogP contribution is 2.46. The molecule has 2 aromatic carbocycles. The van der Waals surface area contributed by atoms with Gasteiger partial charge in [0.25, 0.3) is 0 Å². The molecule has 0 bridgehead atoms. The van der Waals surface area contributed by atoms with Gasteiger partial charge >= 0.3 is 0 Å². The van der Waals surface area contributed by atoms with Gasteiger partial charge in [-0.05, 0) is 54.1 Å². The Labute approximate surface area is 209 Å². The molecular formula is C27H33FN4OP2. The lowest BCUT2D eigenvalue weighted by molar-refractivity contribution is 0.368. The second kappa shape index (κ2) is 9.58. The lowest BCUT2D eigenvalue weighted by Gasteiger charge is -2.35. The van der Waals surface area contributed by atoms with Crippen molar-refractivity contribution in [3.05, 3.63) is 59.5 Å². The first-order valence-electron chi connectivity index (χ1n) is 12.0. The van der Waals surface area contributed by atoms with Gasteiger partial charge in [-0.25, -0.2) is 9.37 Å². The Hall–Kier alpha value is -2.39. The summed E-state index contributed by atoms with van der Waals surface area (Å²) in [7, 11) is 4.79. The smallest absolute Gasteiger partial charge is 0.165 e. The average molecular weight is 511 g/mol. The highest BCUT2D eigenvalue weighted by Gasteiger charge is 2.26. The molecule has 2 aliphatic rings. The van der Waals surface area contributed by atoms with Gasteiger partial charge in [-0.3, -0.25) is 0 Å². The number of benzene rings is 2. The standard InChI is InChI=1S/C27H33FN4OP2/c1-18-21(19-4-6-20(7-5-19)35(3)14-12-31(2)13-15-35)16-30-27-25(18)32(11-10-29-27)17-22-24(34)9-8-23(28)26(22)33/h4-9,16,33H,3,10-15,17,34H2,1-2H3,(H,29,30). The van der Waals surface area contributed by atoms with Crippen molar-refractivity contribution in [2.24, 2.45) is 0 Å². The summed E-state index contributed by atoms with van der Waals surface area (Å²) in [6, 6.07) is 11.9. The number of aromatic hydroxyl groups is 1. The van der Waals surface area contributed by atoms with E-state index in [1.54, 1.807) is 6.07 Å². The molecular weight excluding hydrogens is 477 g/mol. The van der Waals surface area contributed by atoms with E-state index in [9.17, 15) is 9.50 Å². The van der Waals surface area contributed by atoms with Gasteiger partial charge in [0.1, 0.15) is 5.82 Å². The van der Waals surface area contributed by atoms with Crippen LogP contribution in [0.25, 0.3) is 11.1 Å². The third-order valence-corrected chi connectivity index (χ3v) is 11.5. The van der Waals surface area contributed by atoms with Crippen molar-refractivity contribution in [2.45, 2.75) is 13.5 Å².